The predicted octanol–water partition coefficient (Wildman–Crippen LogP) is 2.11. The molecule has 84 valence electrons. The van der Waals surface area contributed by atoms with E-state index < -0.39 is 10.0 Å². The highest BCUT2D eigenvalue weighted by Crippen LogP contribution is 2.26. The van der Waals surface area contributed by atoms with Gasteiger partial charge in [0.1, 0.15) is 5.01 Å². The maximum atomic E-state index is 11.0. The number of thiazole rings is 1. The van der Waals surface area contributed by atoms with Crippen LogP contribution in [0.25, 0.3) is 10.6 Å². The second kappa shape index (κ2) is 4.14. The third kappa shape index (κ3) is 2.41. The minimum atomic E-state index is -3.72. The Hall–Kier alpha value is -0.950. The number of benzene rings is 1. The molecule has 4 nitrogen and oxygen atoms in total. The Kier molecular flexibility index (Phi) is 2.98. The predicted molar refractivity (Wildman–Crippen MR) is 63.9 cm³/mol. The van der Waals surface area contributed by atoms with Crippen molar-refractivity contribution >= 4 is 33.0 Å². The summed E-state index contributed by atoms with van der Waals surface area (Å²) in [5.41, 5.74) is 0.810. The summed E-state index contributed by atoms with van der Waals surface area (Å²) in [5, 5.41) is 7.49. The van der Waals surface area contributed by atoms with Crippen molar-refractivity contribution in [2.75, 3.05) is 0 Å². The van der Waals surface area contributed by atoms with E-state index in [4.69, 9.17) is 16.7 Å². The summed E-state index contributed by atoms with van der Waals surface area (Å²) in [6.07, 6.45) is 0. The standard InChI is InChI=1S/C9H7ClN2O2S2/c10-7-3-1-6(2-4-7)9-12-8(5-15-9)16(11,13)14/h1-5H,(H2,11,13,14). The first kappa shape index (κ1) is 11.5. The molecule has 0 saturated carbocycles. The first-order chi connectivity index (χ1) is 7.47. The number of halogens is 1. The minimum absolute atomic E-state index is 0.109. The van der Waals surface area contributed by atoms with Crippen molar-refractivity contribution in [2.24, 2.45) is 5.14 Å². The Morgan fingerprint density at radius 1 is 1.25 bits per heavy atom. The van der Waals surface area contributed by atoms with E-state index in [1.165, 1.54) is 16.7 Å². The lowest BCUT2D eigenvalue weighted by atomic mass is 10.2. The molecule has 2 aromatic rings. The van der Waals surface area contributed by atoms with E-state index >= 15 is 0 Å². The van der Waals surface area contributed by atoms with Crippen LogP contribution in [0.3, 0.4) is 0 Å². The number of hydrogen-bond acceptors (Lipinski definition) is 4. The zero-order valence-electron chi connectivity index (χ0n) is 7.92. The molecule has 0 spiro atoms. The molecule has 16 heavy (non-hydrogen) atoms. The van der Waals surface area contributed by atoms with Crippen molar-refractivity contribution in [1.29, 1.82) is 0 Å². The average molecular weight is 275 g/mol. The van der Waals surface area contributed by atoms with Gasteiger partial charge in [0.05, 0.1) is 0 Å². The molecule has 0 amide bonds. The van der Waals surface area contributed by atoms with E-state index in [1.807, 2.05) is 0 Å². The molecule has 2 rings (SSSR count). The second-order valence-corrected chi connectivity index (χ2v) is 5.85. The van der Waals surface area contributed by atoms with Gasteiger partial charge in [-0.3, -0.25) is 0 Å². The second-order valence-electron chi connectivity index (χ2n) is 3.04. The average Bonchev–Trinajstić information content (AvgIpc) is 2.67. The normalized spacial score (nSPS) is 11.6. The van der Waals surface area contributed by atoms with Crippen LogP contribution in [0, 0.1) is 0 Å². The van der Waals surface area contributed by atoms with Gasteiger partial charge >= 0.3 is 0 Å². The lowest BCUT2D eigenvalue weighted by molar-refractivity contribution is 0.595. The van der Waals surface area contributed by atoms with E-state index in [9.17, 15) is 8.42 Å². The summed E-state index contributed by atoms with van der Waals surface area (Å²) in [6.45, 7) is 0. The molecule has 0 unspecified atom stereocenters. The molecule has 0 saturated heterocycles. The Morgan fingerprint density at radius 3 is 2.38 bits per heavy atom. The van der Waals surface area contributed by atoms with Crippen LogP contribution < -0.4 is 5.14 Å². The molecule has 1 aromatic heterocycles. The number of nitrogens with two attached hydrogens (primary N) is 1. The quantitative estimate of drug-likeness (QED) is 0.911. The molecule has 7 heteroatoms. The van der Waals surface area contributed by atoms with Crippen molar-refractivity contribution in [3.63, 3.8) is 0 Å². The number of primary sulfonamides is 1. The maximum absolute atomic E-state index is 11.0. The van der Waals surface area contributed by atoms with Gasteiger partial charge in [-0.05, 0) is 12.1 Å². The highest BCUT2D eigenvalue weighted by atomic mass is 35.5. The van der Waals surface area contributed by atoms with Gasteiger partial charge in [0, 0.05) is 16.0 Å². The van der Waals surface area contributed by atoms with Crippen LogP contribution in [0.4, 0.5) is 0 Å². The number of sulfonamides is 1. The molecule has 0 radical (unpaired) electrons. The summed E-state index contributed by atoms with van der Waals surface area (Å²) >= 11 is 6.97. The van der Waals surface area contributed by atoms with Crippen molar-refractivity contribution in [1.82, 2.24) is 4.98 Å². The van der Waals surface area contributed by atoms with E-state index in [2.05, 4.69) is 4.98 Å². The largest absolute Gasteiger partial charge is 0.256 e. The minimum Gasteiger partial charge on any atom is -0.223 e. The van der Waals surface area contributed by atoms with Gasteiger partial charge in [-0.25, -0.2) is 18.5 Å². The van der Waals surface area contributed by atoms with Gasteiger partial charge in [-0.15, -0.1) is 11.3 Å². The van der Waals surface area contributed by atoms with Crippen LogP contribution in [0.2, 0.25) is 5.02 Å². The van der Waals surface area contributed by atoms with Crippen molar-refractivity contribution < 1.29 is 8.42 Å². The van der Waals surface area contributed by atoms with Crippen LogP contribution in [-0.4, -0.2) is 13.4 Å². The van der Waals surface area contributed by atoms with Gasteiger partial charge in [0.25, 0.3) is 10.0 Å². The van der Waals surface area contributed by atoms with E-state index in [-0.39, 0.29) is 5.03 Å². The number of nitrogens with zero attached hydrogens (tertiary/aromatic N) is 1. The van der Waals surface area contributed by atoms with Crippen LogP contribution in [0.5, 0.6) is 0 Å². The monoisotopic (exact) mass is 274 g/mol. The van der Waals surface area contributed by atoms with Crippen molar-refractivity contribution in [3.8, 4) is 10.6 Å². The zero-order chi connectivity index (χ0) is 11.8. The SMILES string of the molecule is NS(=O)(=O)c1csc(-c2ccc(Cl)cc2)n1. The molecule has 1 heterocycles. The third-order valence-corrected chi connectivity index (χ3v) is 3.95. The Bertz CT molecular complexity index is 605. The first-order valence-electron chi connectivity index (χ1n) is 4.21. The molecular formula is C9H7ClN2O2S2. The molecular weight excluding hydrogens is 268 g/mol. The Labute approximate surface area is 102 Å². The molecule has 1 aromatic carbocycles. The van der Waals surface area contributed by atoms with Crippen molar-refractivity contribution in [2.45, 2.75) is 5.03 Å². The summed E-state index contributed by atoms with van der Waals surface area (Å²) in [7, 11) is -3.72. The molecule has 0 aliphatic rings. The molecule has 0 aliphatic heterocycles. The fraction of sp³-hybridized carbons (Fsp3) is 0. The smallest absolute Gasteiger partial charge is 0.223 e. The lowest BCUT2D eigenvalue weighted by Gasteiger charge is -1.95. The van der Waals surface area contributed by atoms with Gasteiger partial charge in [0.2, 0.25) is 0 Å². The lowest BCUT2D eigenvalue weighted by Crippen LogP contribution is -2.12. The summed E-state index contributed by atoms with van der Waals surface area (Å²) in [4.78, 5) is 3.94. The van der Waals surface area contributed by atoms with Crippen LogP contribution in [-0.2, 0) is 10.0 Å². The fourth-order valence-corrected chi connectivity index (χ4v) is 2.89. The third-order valence-electron chi connectivity index (χ3n) is 1.87. The molecule has 0 bridgehead atoms. The first-order valence-corrected chi connectivity index (χ1v) is 7.01. The van der Waals surface area contributed by atoms with Gasteiger partial charge < -0.3 is 0 Å². The van der Waals surface area contributed by atoms with E-state index in [1.54, 1.807) is 24.3 Å². The molecule has 0 fully saturated rings. The number of aromatic nitrogens is 1. The Morgan fingerprint density at radius 2 is 1.88 bits per heavy atom. The van der Waals surface area contributed by atoms with Crippen LogP contribution in [0.1, 0.15) is 0 Å². The number of hydrogen-bond donors (Lipinski definition) is 1. The summed E-state index contributed by atoms with van der Waals surface area (Å²) in [6, 6.07) is 6.98. The molecule has 0 aliphatic carbocycles. The van der Waals surface area contributed by atoms with Crippen molar-refractivity contribution in [3.05, 3.63) is 34.7 Å². The highest BCUT2D eigenvalue weighted by molar-refractivity contribution is 7.89. The Balaban J connectivity index is 2.43. The van der Waals surface area contributed by atoms with E-state index in [0.717, 1.165) is 5.56 Å². The molecule has 2 N–H and O–H groups in total. The topological polar surface area (TPSA) is 73.1 Å². The number of rotatable bonds is 2. The highest BCUT2D eigenvalue weighted by Gasteiger charge is 2.13. The summed E-state index contributed by atoms with van der Waals surface area (Å²) < 4.78 is 22.1. The fourth-order valence-electron chi connectivity index (χ4n) is 1.11. The van der Waals surface area contributed by atoms with Gasteiger partial charge in [-0.1, -0.05) is 23.7 Å². The van der Waals surface area contributed by atoms with Gasteiger partial charge in [0.15, 0.2) is 5.03 Å². The molecule has 0 atom stereocenters. The van der Waals surface area contributed by atoms with E-state index in [0.29, 0.717) is 10.0 Å². The maximum Gasteiger partial charge on any atom is 0.256 e. The van der Waals surface area contributed by atoms with Crippen LogP contribution >= 0.6 is 22.9 Å². The zero-order valence-corrected chi connectivity index (χ0v) is 10.3. The summed E-state index contributed by atoms with van der Waals surface area (Å²) in [5.74, 6) is 0. The van der Waals surface area contributed by atoms with Gasteiger partial charge in [-0.2, -0.15) is 0 Å². The van der Waals surface area contributed by atoms with Crippen LogP contribution in [0.15, 0.2) is 34.7 Å².